The molecule has 5 unspecified atom stereocenters. The summed E-state index contributed by atoms with van der Waals surface area (Å²) in [6.07, 6.45) is 0.707. The molecule has 0 amide bonds. The minimum Gasteiger partial charge on any atom is -0.375 e. The normalized spacial score (nSPS) is 35.2. The highest BCUT2D eigenvalue weighted by Crippen LogP contribution is 2.46. The highest BCUT2D eigenvalue weighted by Gasteiger charge is 2.41. The van der Waals surface area contributed by atoms with Crippen molar-refractivity contribution < 1.29 is 4.74 Å². The highest BCUT2D eigenvalue weighted by atomic mass is 79.9. The van der Waals surface area contributed by atoms with Crippen LogP contribution >= 0.6 is 27.3 Å². The molecule has 2 rings (SSSR count). The van der Waals surface area contributed by atoms with E-state index < -0.39 is 0 Å². The van der Waals surface area contributed by atoms with E-state index in [0.717, 1.165) is 0 Å². The quantitative estimate of drug-likeness (QED) is 0.708. The van der Waals surface area contributed by atoms with E-state index >= 15 is 0 Å². The molecule has 5 atom stereocenters. The zero-order valence-electron chi connectivity index (χ0n) is 11.2. The number of aryl methyl sites for hydroxylation is 2. The van der Waals surface area contributed by atoms with E-state index in [1.807, 2.05) is 11.3 Å². The average molecular weight is 317 g/mol. The molecule has 0 aliphatic carbocycles. The molecule has 1 aromatic rings. The lowest BCUT2D eigenvalue weighted by molar-refractivity contribution is 0.0511. The van der Waals surface area contributed by atoms with Gasteiger partial charge in [-0.15, -0.1) is 11.3 Å². The lowest BCUT2D eigenvalue weighted by Crippen LogP contribution is -2.21. The SMILES string of the molecule is Cc1cc(C(Br)C2C(C)OC(C)C2C)c(C)s1. The second-order valence-corrected chi connectivity index (χ2v) is 7.70. The highest BCUT2D eigenvalue weighted by molar-refractivity contribution is 9.09. The molecule has 0 aromatic carbocycles. The Hall–Kier alpha value is 0.140. The van der Waals surface area contributed by atoms with Crippen LogP contribution in [0, 0.1) is 25.7 Å². The number of rotatable bonds is 2. The first kappa shape index (κ1) is 13.6. The maximum atomic E-state index is 5.95. The van der Waals surface area contributed by atoms with Crippen LogP contribution in [0.1, 0.15) is 40.9 Å². The summed E-state index contributed by atoms with van der Waals surface area (Å²) in [5.41, 5.74) is 1.45. The minimum atomic E-state index is 0.337. The molecule has 1 aliphatic rings. The molecular weight excluding hydrogens is 296 g/mol. The summed E-state index contributed by atoms with van der Waals surface area (Å²) in [5.74, 6) is 1.17. The van der Waals surface area contributed by atoms with Gasteiger partial charge in [-0.25, -0.2) is 0 Å². The molecule has 0 saturated carbocycles. The first-order chi connectivity index (χ1) is 7.91. The smallest absolute Gasteiger partial charge is 0.0596 e. The molecule has 0 spiro atoms. The molecule has 3 heteroatoms. The van der Waals surface area contributed by atoms with Crippen molar-refractivity contribution in [1.82, 2.24) is 0 Å². The Morgan fingerprint density at radius 1 is 1.24 bits per heavy atom. The largest absolute Gasteiger partial charge is 0.375 e. The Kier molecular flexibility index (Phi) is 4.01. The van der Waals surface area contributed by atoms with Crippen molar-refractivity contribution in [3.05, 3.63) is 21.4 Å². The predicted molar refractivity (Wildman–Crippen MR) is 78.1 cm³/mol. The fourth-order valence-corrected chi connectivity index (χ4v) is 5.44. The van der Waals surface area contributed by atoms with Crippen LogP contribution < -0.4 is 0 Å². The summed E-state index contributed by atoms with van der Waals surface area (Å²) in [6.45, 7) is 11.1. The van der Waals surface area contributed by atoms with Crippen molar-refractivity contribution in [3.63, 3.8) is 0 Å². The van der Waals surface area contributed by atoms with Crippen LogP contribution in [0.25, 0.3) is 0 Å². The molecule has 1 saturated heterocycles. The van der Waals surface area contributed by atoms with Crippen molar-refractivity contribution in [3.8, 4) is 0 Å². The summed E-state index contributed by atoms with van der Waals surface area (Å²) >= 11 is 5.80. The summed E-state index contributed by atoms with van der Waals surface area (Å²) < 4.78 is 5.95. The lowest BCUT2D eigenvalue weighted by atomic mass is 9.84. The van der Waals surface area contributed by atoms with Gasteiger partial charge < -0.3 is 4.74 Å². The Labute approximate surface area is 117 Å². The maximum Gasteiger partial charge on any atom is 0.0596 e. The van der Waals surface area contributed by atoms with E-state index in [9.17, 15) is 0 Å². The summed E-state index contributed by atoms with van der Waals surface area (Å²) in [7, 11) is 0. The first-order valence-electron chi connectivity index (χ1n) is 6.28. The Bertz CT molecular complexity index is 401. The van der Waals surface area contributed by atoms with E-state index in [1.54, 1.807) is 0 Å². The number of hydrogen-bond acceptors (Lipinski definition) is 2. The van der Waals surface area contributed by atoms with Gasteiger partial charge in [-0.3, -0.25) is 0 Å². The van der Waals surface area contributed by atoms with Crippen LogP contribution in [0.15, 0.2) is 6.07 Å². The zero-order chi connectivity index (χ0) is 12.7. The van der Waals surface area contributed by atoms with Crippen molar-refractivity contribution in [2.24, 2.45) is 11.8 Å². The van der Waals surface area contributed by atoms with E-state index in [4.69, 9.17) is 4.74 Å². The van der Waals surface area contributed by atoms with E-state index in [0.29, 0.717) is 28.9 Å². The van der Waals surface area contributed by atoms with E-state index in [1.165, 1.54) is 15.3 Å². The number of halogens is 1. The van der Waals surface area contributed by atoms with Gasteiger partial charge in [0.2, 0.25) is 0 Å². The topological polar surface area (TPSA) is 9.23 Å². The van der Waals surface area contributed by atoms with Crippen LogP contribution in [0.2, 0.25) is 0 Å². The second-order valence-electron chi connectivity index (χ2n) is 5.25. The summed E-state index contributed by atoms with van der Waals surface area (Å²) in [4.78, 5) is 3.25. The van der Waals surface area contributed by atoms with Gasteiger partial charge in [0, 0.05) is 20.5 Å². The van der Waals surface area contributed by atoms with Gasteiger partial charge in [0.15, 0.2) is 0 Å². The Morgan fingerprint density at radius 3 is 2.29 bits per heavy atom. The molecule has 1 aromatic heterocycles. The fourth-order valence-electron chi connectivity index (χ4n) is 2.93. The molecule has 1 fully saturated rings. The van der Waals surface area contributed by atoms with Crippen molar-refractivity contribution in [2.45, 2.75) is 51.7 Å². The molecule has 1 aliphatic heterocycles. The Morgan fingerprint density at radius 2 is 1.88 bits per heavy atom. The van der Waals surface area contributed by atoms with Gasteiger partial charge in [-0.1, -0.05) is 22.9 Å². The van der Waals surface area contributed by atoms with Crippen LogP contribution in [0.4, 0.5) is 0 Å². The van der Waals surface area contributed by atoms with Gasteiger partial charge in [0.05, 0.1) is 12.2 Å². The molecule has 0 bridgehead atoms. The third-order valence-electron chi connectivity index (χ3n) is 4.03. The van der Waals surface area contributed by atoms with Crippen LogP contribution in [-0.4, -0.2) is 12.2 Å². The van der Waals surface area contributed by atoms with Gasteiger partial charge in [-0.05, 0) is 45.2 Å². The van der Waals surface area contributed by atoms with Crippen LogP contribution in [-0.2, 0) is 4.74 Å². The Balaban J connectivity index is 2.25. The third-order valence-corrected chi connectivity index (χ3v) is 6.12. The molecular formula is C14H21BrOS. The summed E-state index contributed by atoms with van der Waals surface area (Å²) in [6, 6.07) is 2.32. The molecule has 0 N–H and O–H groups in total. The molecule has 96 valence electrons. The molecule has 17 heavy (non-hydrogen) atoms. The standard InChI is InChI=1S/C14H21BrOS/c1-7-6-12(11(5)17-7)14(15)13-8(2)9(3)16-10(13)4/h6,8-10,13-14H,1-5H3. The van der Waals surface area contributed by atoms with Crippen molar-refractivity contribution >= 4 is 27.3 Å². The summed E-state index contributed by atoms with van der Waals surface area (Å²) in [5, 5.41) is 0. The zero-order valence-corrected chi connectivity index (χ0v) is 13.6. The van der Waals surface area contributed by atoms with Gasteiger partial charge in [-0.2, -0.15) is 0 Å². The maximum absolute atomic E-state index is 5.95. The van der Waals surface area contributed by atoms with Crippen molar-refractivity contribution in [1.29, 1.82) is 0 Å². The van der Waals surface area contributed by atoms with E-state index in [2.05, 4.69) is 56.6 Å². The fraction of sp³-hybridized carbons (Fsp3) is 0.714. The van der Waals surface area contributed by atoms with Gasteiger partial charge >= 0.3 is 0 Å². The predicted octanol–water partition coefficient (Wildman–Crippen LogP) is 4.86. The number of alkyl halides is 1. The van der Waals surface area contributed by atoms with Crippen molar-refractivity contribution in [2.75, 3.05) is 0 Å². The lowest BCUT2D eigenvalue weighted by Gasteiger charge is -2.24. The van der Waals surface area contributed by atoms with Gasteiger partial charge in [0.1, 0.15) is 0 Å². The number of ether oxygens (including phenoxy) is 1. The minimum absolute atomic E-state index is 0.337. The monoisotopic (exact) mass is 316 g/mol. The second kappa shape index (κ2) is 5.02. The van der Waals surface area contributed by atoms with E-state index in [-0.39, 0.29) is 0 Å². The van der Waals surface area contributed by atoms with Gasteiger partial charge in [0.25, 0.3) is 0 Å². The molecule has 2 heterocycles. The van der Waals surface area contributed by atoms with Crippen LogP contribution in [0.3, 0.4) is 0 Å². The van der Waals surface area contributed by atoms with Crippen LogP contribution in [0.5, 0.6) is 0 Å². The molecule has 1 nitrogen and oxygen atoms in total. The third kappa shape index (κ3) is 2.47. The molecule has 0 radical (unpaired) electrons. The number of thiophene rings is 1. The first-order valence-corrected chi connectivity index (χ1v) is 8.01. The average Bonchev–Trinajstić information content (AvgIpc) is 2.68. The number of hydrogen-bond donors (Lipinski definition) is 0.